The van der Waals surface area contributed by atoms with Gasteiger partial charge in [0, 0.05) is 51.3 Å². The van der Waals surface area contributed by atoms with Crippen molar-refractivity contribution in [2.24, 2.45) is 0 Å². The van der Waals surface area contributed by atoms with Crippen molar-refractivity contribution < 1.29 is 31.1 Å². The van der Waals surface area contributed by atoms with Crippen molar-refractivity contribution in [1.82, 2.24) is 19.4 Å². The number of imidazole rings is 1. The summed E-state index contributed by atoms with van der Waals surface area (Å²) < 4.78 is 83.5. The number of amides is 1. The topological polar surface area (TPSA) is 44.6 Å². The molecule has 51 heavy (non-hydrogen) atoms. The van der Waals surface area contributed by atoms with Crippen molar-refractivity contribution in [3.63, 3.8) is 0 Å². The van der Waals surface area contributed by atoms with Crippen LogP contribution < -0.4 is 4.90 Å². The van der Waals surface area contributed by atoms with Crippen molar-refractivity contribution in [3.05, 3.63) is 93.0 Å². The number of nitrogens with zero attached hydrogens (tertiary/aromatic N) is 5. The lowest BCUT2D eigenvalue weighted by Gasteiger charge is -2.28. The van der Waals surface area contributed by atoms with Gasteiger partial charge in [-0.25, -0.2) is 4.98 Å². The van der Waals surface area contributed by atoms with Gasteiger partial charge in [-0.15, -0.1) is 0 Å². The molecule has 0 spiro atoms. The summed E-state index contributed by atoms with van der Waals surface area (Å²) >= 11 is 12.5. The van der Waals surface area contributed by atoms with Crippen LogP contribution in [0, 0.1) is 0 Å². The molecule has 4 aromatic rings. The number of halogens is 8. The lowest BCUT2D eigenvalue weighted by Crippen LogP contribution is -2.35. The molecule has 0 N–H and O–H groups in total. The molecule has 2 heterocycles. The van der Waals surface area contributed by atoms with Gasteiger partial charge in [-0.05, 0) is 80.4 Å². The Morgan fingerprint density at radius 1 is 0.863 bits per heavy atom. The van der Waals surface area contributed by atoms with Crippen molar-refractivity contribution >= 4 is 46.1 Å². The molecule has 0 bridgehead atoms. The van der Waals surface area contributed by atoms with E-state index in [-0.39, 0.29) is 18.5 Å². The fraction of sp³-hybridized carbons (Fsp3) is 0.459. The Morgan fingerprint density at radius 2 is 1.57 bits per heavy atom. The molecule has 0 saturated carbocycles. The Bertz CT molecular complexity index is 1780. The number of fused-ring (bicyclic) bond motifs is 1. The maximum Gasteiger partial charge on any atom is 0.416 e. The van der Waals surface area contributed by atoms with Crippen molar-refractivity contribution in [2.45, 2.75) is 63.8 Å². The number of alkyl halides is 6. The van der Waals surface area contributed by atoms with Gasteiger partial charge >= 0.3 is 12.4 Å². The summed E-state index contributed by atoms with van der Waals surface area (Å²) in [6.45, 7) is 6.89. The minimum Gasteiger partial charge on any atom is -0.341 e. The number of unbranched alkanes of at least 4 members (excludes halogenated alkanes) is 2. The summed E-state index contributed by atoms with van der Waals surface area (Å²) in [5.74, 6) is -0.334. The highest BCUT2D eigenvalue weighted by Gasteiger charge is 2.38. The second-order valence-corrected chi connectivity index (χ2v) is 13.9. The third-order valence-electron chi connectivity index (χ3n) is 9.38. The summed E-state index contributed by atoms with van der Waals surface area (Å²) in [6.07, 6.45) is -5.38. The lowest BCUT2D eigenvalue weighted by molar-refractivity contribution is -0.143. The number of aromatic nitrogens is 2. The van der Waals surface area contributed by atoms with E-state index in [0.717, 1.165) is 85.9 Å². The summed E-state index contributed by atoms with van der Waals surface area (Å²) in [5, 5.41) is 0.633. The molecule has 5 rings (SSSR count). The van der Waals surface area contributed by atoms with Crippen LogP contribution in [-0.4, -0.2) is 71.6 Å². The first-order valence-corrected chi connectivity index (χ1v) is 17.8. The Morgan fingerprint density at radius 3 is 2.24 bits per heavy atom. The zero-order valence-corrected chi connectivity index (χ0v) is 30.0. The minimum absolute atomic E-state index is 0.0136. The minimum atomic E-state index is -5.07. The highest BCUT2D eigenvalue weighted by atomic mass is 35.5. The number of benzene rings is 3. The standard InChI is InChI=1S/C37H41Cl2F6N5O/c1-3-4-7-16-50-33-10-6-5-9-32(33)46-35(50)49-15-8-14-48(18-19-49)17-13-26(25-11-12-30(38)31(39)22-25)24-47(2)34(51)27-20-28(36(40,41)42)23-29(21-27)37(43,44)45/h5-6,9-12,20-23,26H,3-4,7-8,13-19,24H2,1-2H3. The Labute approximate surface area is 303 Å². The maximum absolute atomic E-state index is 13.5. The first kappa shape index (κ1) is 38.7. The van der Waals surface area contributed by atoms with Crippen LogP contribution in [0.3, 0.4) is 0 Å². The number of rotatable bonds is 12. The SMILES string of the molecule is CCCCCn1c(N2CCCN(CCC(CN(C)C(=O)c3cc(C(F)(F)F)cc(C(F)(F)F)c3)c3ccc(Cl)c(Cl)c3)CC2)nc2ccccc21. The number of carbonyl (C=O) groups excluding carboxylic acids is 1. The van der Waals surface area contributed by atoms with Gasteiger partial charge in [0.2, 0.25) is 5.95 Å². The molecule has 1 aliphatic rings. The lowest BCUT2D eigenvalue weighted by atomic mass is 9.94. The Kier molecular flexibility index (Phi) is 12.5. The fourth-order valence-electron chi connectivity index (χ4n) is 6.62. The van der Waals surface area contributed by atoms with E-state index < -0.39 is 35.0 Å². The number of hydrogen-bond donors (Lipinski definition) is 0. The van der Waals surface area contributed by atoms with Gasteiger partial charge in [0.1, 0.15) is 0 Å². The van der Waals surface area contributed by atoms with E-state index in [0.29, 0.717) is 35.1 Å². The average Bonchev–Trinajstić information content (AvgIpc) is 3.28. The Hall–Kier alpha value is -3.48. The molecule has 276 valence electrons. The number of hydrogen-bond acceptors (Lipinski definition) is 4. The number of aryl methyl sites for hydroxylation is 1. The number of carbonyl (C=O) groups is 1. The van der Waals surface area contributed by atoms with E-state index >= 15 is 0 Å². The van der Waals surface area contributed by atoms with E-state index in [1.54, 1.807) is 18.2 Å². The molecule has 0 radical (unpaired) electrons. The van der Waals surface area contributed by atoms with Gasteiger partial charge in [0.05, 0.1) is 32.2 Å². The molecule has 1 aromatic heterocycles. The summed E-state index contributed by atoms with van der Waals surface area (Å²) in [6, 6.07) is 14.2. The molecular weight excluding hydrogens is 715 g/mol. The third kappa shape index (κ3) is 9.70. The van der Waals surface area contributed by atoms with Crippen LogP contribution in [0.2, 0.25) is 10.0 Å². The van der Waals surface area contributed by atoms with Gasteiger partial charge in [0.15, 0.2) is 0 Å². The zero-order valence-electron chi connectivity index (χ0n) is 28.5. The molecule has 14 heteroatoms. The summed E-state index contributed by atoms with van der Waals surface area (Å²) in [7, 11) is 1.37. The molecular formula is C37H41Cl2F6N5O. The van der Waals surface area contributed by atoms with Crippen molar-refractivity contribution in [3.8, 4) is 0 Å². The van der Waals surface area contributed by atoms with Crippen LogP contribution >= 0.6 is 23.2 Å². The van der Waals surface area contributed by atoms with E-state index in [9.17, 15) is 31.1 Å². The predicted molar refractivity (Wildman–Crippen MR) is 190 cm³/mol. The van der Waals surface area contributed by atoms with Crippen LogP contribution in [0.25, 0.3) is 11.0 Å². The van der Waals surface area contributed by atoms with Crippen LogP contribution in [0.15, 0.2) is 60.7 Å². The molecule has 1 unspecified atom stereocenters. The molecule has 1 saturated heterocycles. The smallest absolute Gasteiger partial charge is 0.341 e. The first-order chi connectivity index (χ1) is 24.2. The van der Waals surface area contributed by atoms with Crippen molar-refractivity contribution in [1.29, 1.82) is 0 Å². The number of anilines is 1. The van der Waals surface area contributed by atoms with Gasteiger partial charge in [-0.1, -0.05) is 61.2 Å². The third-order valence-corrected chi connectivity index (χ3v) is 10.1. The number of likely N-dealkylation sites (N-methyl/N-ethyl adjacent to an activating group) is 1. The molecule has 1 amide bonds. The van der Waals surface area contributed by atoms with E-state index in [2.05, 4.69) is 27.4 Å². The van der Waals surface area contributed by atoms with Crippen LogP contribution in [0.1, 0.15) is 72.0 Å². The quantitative estimate of drug-likeness (QED) is 0.107. The molecule has 3 aromatic carbocycles. The van der Waals surface area contributed by atoms with E-state index in [4.69, 9.17) is 28.2 Å². The zero-order chi connectivity index (χ0) is 36.9. The molecule has 1 fully saturated rings. The molecule has 0 aliphatic carbocycles. The van der Waals surface area contributed by atoms with Crippen molar-refractivity contribution in [2.75, 3.05) is 51.2 Å². The largest absolute Gasteiger partial charge is 0.416 e. The first-order valence-electron chi connectivity index (χ1n) is 17.1. The Balaban J connectivity index is 1.32. The molecule has 1 atom stereocenters. The summed E-state index contributed by atoms with van der Waals surface area (Å²) in [5.41, 5.74) is -0.938. The summed E-state index contributed by atoms with van der Waals surface area (Å²) in [4.78, 5) is 24.2. The normalized spacial score (nSPS) is 15.3. The van der Waals surface area contributed by atoms with E-state index in [1.807, 2.05) is 18.2 Å². The molecule has 1 aliphatic heterocycles. The monoisotopic (exact) mass is 755 g/mol. The molecule has 6 nitrogen and oxygen atoms in total. The van der Waals surface area contributed by atoms with Gasteiger partial charge in [-0.3, -0.25) is 4.79 Å². The highest BCUT2D eigenvalue weighted by molar-refractivity contribution is 6.42. The maximum atomic E-state index is 13.5. The van der Waals surface area contributed by atoms with Crippen LogP contribution in [-0.2, 0) is 18.9 Å². The van der Waals surface area contributed by atoms with Gasteiger partial charge in [-0.2, -0.15) is 26.3 Å². The predicted octanol–water partition coefficient (Wildman–Crippen LogP) is 10.0. The van der Waals surface area contributed by atoms with Gasteiger partial charge in [0.25, 0.3) is 5.91 Å². The average molecular weight is 757 g/mol. The fourth-order valence-corrected chi connectivity index (χ4v) is 6.93. The second kappa shape index (κ2) is 16.5. The number of para-hydroxylation sites is 2. The van der Waals surface area contributed by atoms with E-state index in [1.165, 1.54) is 7.05 Å². The highest BCUT2D eigenvalue weighted by Crippen LogP contribution is 2.37. The van der Waals surface area contributed by atoms with Crippen LogP contribution in [0.4, 0.5) is 32.3 Å². The van der Waals surface area contributed by atoms with Gasteiger partial charge < -0.3 is 19.3 Å². The second-order valence-electron chi connectivity index (χ2n) is 13.1. The van der Waals surface area contributed by atoms with Crippen LogP contribution in [0.5, 0.6) is 0 Å².